The third kappa shape index (κ3) is 2.26. The number of anilines is 1. The number of carbonyl (C=O) groups excluding carboxylic acids is 1. The van der Waals surface area contributed by atoms with Crippen molar-refractivity contribution in [1.82, 2.24) is 14.6 Å². The average molecular weight is 505 g/mol. The number of nitrogens with two attached hydrogens (primary N) is 1. The van der Waals surface area contributed by atoms with Gasteiger partial charge >= 0.3 is 12.0 Å². The lowest BCUT2D eigenvalue weighted by Crippen LogP contribution is -2.37. The third-order valence-corrected chi connectivity index (χ3v) is 6.72. The minimum Gasteiger partial charge on any atom is -0.451 e. The van der Waals surface area contributed by atoms with Crippen LogP contribution in [0, 0.1) is 12.0 Å². The lowest BCUT2D eigenvalue weighted by molar-refractivity contribution is -0.159. The van der Waals surface area contributed by atoms with Crippen LogP contribution in [-0.2, 0) is 14.3 Å². The van der Waals surface area contributed by atoms with Crippen molar-refractivity contribution in [2.75, 3.05) is 5.73 Å². The monoisotopic (exact) mass is 505 g/mol. The van der Waals surface area contributed by atoms with Gasteiger partial charge in [0.25, 0.3) is 0 Å². The van der Waals surface area contributed by atoms with Crippen molar-refractivity contribution in [3.05, 3.63) is 34.3 Å². The minimum atomic E-state index is -1.89. The molecule has 2 aromatic heterocycles. The van der Waals surface area contributed by atoms with E-state index in [1.165, 1.54) is 12.1 Å². The molecule has 1 saturated heterocycles. The van der Waals surface area contributed by atoms with Crippen molar-refractivity contribution in [1.29, 1.82) is 0 Å². The SMILES string of the molecule is CC(C)C(=O)O[C@@]12[C@@H](F)[C@H](c3ccc4c(N)nc(F)nn34)OC1(N=[N+]=[N-])[C@@H]2I. The molecule has 4 rings (SSSR count). The number of halogens is 3. The second-order valence-electron chi connectivity index (χ2n) is 6.88. The zero-order valence-corrected chi connectivity index (χ0v) is 16.7. The second kappa shape index (κ2) is 6.12. The Balaban J connectivity index is 1.80. The van der Waals surface area contributed by atoms with Gasteiger partial charge in [-0.25, -0.2) is 8.91 Å². The van der Waals surface area contributed by atoms with Crippen LogP contribution in [-0.4, -0.2) is 42.0 Å². The Morgan fingerprint density at radius 1 is 1.57 bits per heavy atom. The van der Waals surface area contributed by atoms with Crippen LogP contribution in [0.15, 0.2) is 17.2 Å². The van der Waals surface area contributed by atoms with E-state index in [-0.39, 0.29) is 17.0 Å². The molecule has 28 heavy (non-hydrogen) atoms. The molecule has 0 radical (unpaired) electrons. The molecule has 1 aliphatic carbocycles. The zero-order valence-electron chi connectivity index (χ0n) is 14.6. The van der Waals surface area contributed by atoms with Crippen LogP contribution in [0.25, 0.3) is 16.0 Å². The first kappa shape index (κ1) is 19.1. The fraction of sp³-hybridized carbons (Fsp3) is 0.533. The number of rotatable bonds is 4. The molecule has 0 bridgehead atoms. The van der Waals surface area contributed by atoms with Crippen LogP contribution < -0.4 is 5.73 Å². The van der Waals surface area contributed by atoms with Gasteiger partial charge in [-0.2, -0.15) is 9.37 Å². The van der Waals surface area contributed by atoms with Gasteiger partial charge in [-0.3, -0.25) is 4.79 Å². The molecule has 148 valence electrons. The van der Waals surface area contributed by atoms with Gasteiger partial charge in [-0.05, 0) is 17.7 Å². The van der Waals surface area contributed by atoms with E-state index in [4.69, 9.17) is 20.7 Å². The molecule has 2 fully saturated rings. The maximum absolute atomic E-state index is 15.6. The van der Waals surface area contributed by atoms with Crippen molar-refractivity contribution in [2.24, 2.45) is 11.0 Å². The van der Waals surface area contributed by atoms with E-state index in [0.717, 1.165) is 4.52 Å². The van der Waals surface area contributed by atoms with Gasteiger partial charge in [0.15, 0.2) is 17.6 Å². The van der Waals surface area contributed by atoms with Crippen LogP contribution in [0.1, 0.15) is 25.6 Å². The summed E-state index contributed by atoms with van der Waals surface area (Å²) in [7, 11) is 0. The maximum Gasteiger partial charge on any atom is 0.327 e. The number of carbonyl (C=O) groups is 1. The van der Waals surface area contributed by atoms with Crippen LogP contribution in [0.5, 0.6) is 0 Å². The van der Waals surface area contributed by atoms with Gasteiger partial charge in [0.2, 0.25) is 5.72 Å². The van der Waals surface area contributed by atoms with Crippen molar-refractivity contribution >= 4 is 39.9 Å². The predicted octanol–water partition coefficient (Wildman–Crippen LogP) is 2.62. The summed E-state index contributed by atoms with van der Waals surface area (Å²) in [5, 5.41) is 7.23. The molecule has 10 nitrogen and oxygen atoms in total. The number of aromatic nitrogens is 3. The highest BCUT2D eigenvalue weighted by atomic mass is 127. The highest BCUT2D eigenvalue weighted by molar-refractivity contribution is 14.1. The minimum absolute atomic E-state index is 0.124. The first-order valence-electron chi connectivity index (χ1n) is 8.25. The number of nitrogen functional groups attached to an aromatic ring is 1. The fourth-order valence-electron chi connectivity index (χ4n) is 3.48. The van der Waals surface area contributed by atoms with E-state index in [0.29, 0.717) is 0 Å². The molecule has 0 spiro atoms. The van der Waals surface area contributed by atoms with Gasteiger partial charge in [0.05, 0.1) is 15.5 Å². The molecule has 1 saturated carbocycles. The smallest absolute Gasteiger partial charge is 0.327 e. The number of alkyl halides is 2. The summed E-state index contributed by atoms with van der Waals surface area (Å²) in [5.74, 6) is -1.31. The summed E-state index contributed by atoms with van der Waals surface area (Å²) < 4.78 is 40.8. The Labute approximate surface area is 170 Å². The van der Waals surface area contributed by atoms with Gasteiger partial charge in [-0.1, -0.05) is 41.6 Å². The third-order valence-electron chi connectivity index (χ3n) is 4.95. The molecule has 1 aliphatic heterocycles. The molecule has 1 unspecified atom stereocenters. The van der Waals surface area contributed by atoms with E-state index in [9.17, 15) is 9.18 Å². The van der Waals surface area contributed by atoms with Crippen LogP contribution >= 0.6 is 22.6 Å². The Morgan fingerprint density at radius 2 is 2.29 bits per heavy atom. The molecule has 0 aromatic carbocycles. The number of hydrogen-bond acceptors (Lipinski definition) is 7. The number of nitrogens with zero attached hydrogens (tertiary/aromatic N) is 6. The standard InChI is InChI=1S/C15H14F2IN7O3/c1-5(2)11(26)28-14-9(16)8(27-15(14,12(14)18)23-24-20)6-3-4-7-10(19)21-13(17)22-25(6)7/h3-5,8-9,12H,1-2H3,(H2,19,21,22)/t8-,9-,12+,14+,15?/m0/s1. The van der Waals surface area contributed by atoms with E-state index < -0.39 is 45.5 Å². The Kier molecular flexibility index (Phi) is 4.17. The number of ether oxygens (including phenoxy) is 2. The molecule has 3 heterocycles. The zero-order chi connectivity index (χ0) is 20.4. The van der Waals surface area contributed by atoms with Gasteiger partial charge in [0.1, 0.15) is 11.6 Å². The Morgan fingerprint density at radius 3 is 2.93 bits per heavy atom. The van der Waals surface area contributed by atoms with E-state index in [1.807, 2.05) is 22.6 Å². The molecular weight excluding hydrogens is 491 g/mol. The lowest BCUT2D eigenvalue weighted by atomic mass is 10.1. The number of esters is 1. The molecule has 2 N–H and O–H groups in total. The number of fused-ring (bicyclic) bond motifs is 2. The van der Waals surface area contributed by atoms with Crippen LogP contribution in [0.2, 0.25) is 0 Å². The topological polar surface area (TPSA) is 141 Å². The summed E-state index contributed by atoms with van der Waals surface area (Å²) in [4.78, 5) is 18.4. The molecule has 2 aromatic rings. The first-order valence-corrected chi connectivity index (χ1v) is 9.50. The Bertz CT molecular complexity index is 1040. The molecular formula is C15H14F2IN7O3. The summed E-state index contributed by atoms with van der Waals surface area (Å²) in [6.45, 7) is 3.20. The maximum atomic E-state index is 15.6. The highest BCUT2D eigenvalue weighted by Crippen LogP contribution is 2.70. The lowest BCUT2D eigenvalue weighted by Gasteiger charge is -2.22. The normalized spacial score (nSPS) is 33.6. The quantitative estimate of drug-likeness (QED) is 0.169. The molecule has 0 amide bonds. The average Bonchev–Trinajstić information content (AvgIpc) is 2.91. The van der Waals surface area contributed by atoms with Crippen molar-refractivity contribution in [2.45, 2.75) is 41.4 Å². The van der Waals surface area contributed by atoms with E-state index in [1.54, 1.807) is 13.8 Å². The summed E-state index contributed by atoms with van der Waals surface area (Å²) in [6, 6.07) is 2.93. The summed E-state index contributed by atoms with van der Waals surface area (Å²) in [5.41, 5.74) is 11.5. The van der Waals surface area contributed by atoms with Gasteiger partial charge < -0.3 is 15.2 Å². The Hall–Kier alpha value is -2.25. The predicted molar refractivity (Wildman–Crippen MR) is 99.4 cm³/mol. The first-order chi connectivity index (χ1) is 13.2. The molecule has 2 aliphatic rings. The largest absolute Gasteiger partial charge is 0.451 e. The van der Waals surface area contributed by atoms with Crippen LogP contribution in [0.3, 0.4) is 0 Å². The number of azide groups is 1. The van der Waals surface area contributed by atoms with Gasteiger partial charge in [-0.15, -0.1) is 5.10 Å². The summed E-state index contributed by atoms with van der Waals surface area (Å²) in [6.07, 6.45) is -4.31. The molecule has 5 atom stereocenters. The van der Waals surface area contributed by atoms with Crippen molar-refractivity contribution in [3.8, 4) is 0 Å². The van der Waals surface area contributed by atoms with Crippen molar-refractivity contribution in [3.63, 3.8) is 0 Å². The number of hydrogen-bond donors (Lipinski definition) is 1. The highest BCUT2D eigenvalue weighted by Gasteiger charge is 2.90. The fourth-order valence-corrected chi connectivity index (χ4v) is 4.97. The van der Waals surface area contributed by atoms with Crippen molar-refractivity contribution < 1.29 is 23.0 Å². The molecule has 13 heteroatoms. The van der Waals surface area contributed by atoms with Gasteiger partial charge in [0, 0.05) is 4.91 Å². The second-order valence-corrected chi connectivity index (χ2v) is 8.12. The van der Waals surface area contributed by atoms with E-state index in [2.05, 4.69) is 20.1 Å². The van der Waals surface area contributed by atoms with E-state index >= 15 is 4.39 Å². The van der Waals surface area contributed by atoms with Crippen LogP contribution in [0.4, 0.5) is 14.6 Å². The summed E-state index contributed by atoms with van der Waals surface area (Å²) >= 11 is 1.83.